The third-order valence-corrected chi connectivity index (χ3v) is 8.15. The van der Waals surface area contributed by atoms with E-state index in [-0.39, 0.29) is 42.4 Å². The molecule has 0 aromatic heterocycles. The Morgan fingerprint density at radius 1 is 1.00 bits per heavy atom. The molecule has 3 aliphatic rings. The van der Waals surface area contributed by atoms with Gasteiger partial charge in [0.2, 0.25) is 5.91 Å². The smallest absolute Gasteiger partial charge is 0.407 e. The molecule has 0 aliphatic heterocycles. The second kappa shape index (κ2) is 9.72. The van der Waals surface area contributed by atoms with Crippen LogP contribution in [0.5, 0.6) is 0 Å². The zero-order valence-corrected chi connectivity index (χ0v) is 20.0. The molecule has 2 saturated carbocycles. The van der Waals surface area contributed by atoms with Gasteiger partial charge in [0.25, 0.3) is 0 Å². The number of aliphatic carboxylic acids is 1. The number of carboxylic acid groups (broad SMARTS) is 1. The molecule has 0 heterocycles. The van der Waals surface area contributed by atoms with Gasteiger partial charge < -0.3 is 20.1 Å². The van der Waals surface area contributed by atoms with Crippen LogP contribution >= 0.6 is 0 Å². The number of carbonyl (C=O) groups excluding carboxylic acids is 2. The molecule has 35 heavy (non-hydrogen) atoms. The molecule has 2 N–H and O–H groups in total. The number of alkyl carbamates (subject to hydrolysis) is 1. The number of hydrogen-bond acceptors (Lipinski definition) is 4. The molecule has 0 unspecified atom stereocenters. The van der Waals surface area contributed by atoms with Gasteiger partial charge in [0.15, 0.2) is 0 Å². The van der Waals surface area contributed by atoms with E-state index < -0.39 is 12.1 Å². The molecule has 7 nitrogen and oxygen atoms in total. The van der Waals surface area contributed by atoms with Crippen molar-refractivity contribution in [2.24, 2.45) is 11.8 Å². The summed E-state index contributed by atoms with van der Waals surface area (Å²) in [5.74, 6) is -1.03. The van der Waals surface area contributed by atoms with Crippen molar-refractivity contribution in [2.45, 2.75) is 56.5 Å². The first kappa shape index (κ1) is 23.4. The molecule has 184 valence electrons. The van der Waals surface area contributed by atoms with Gasteiger partial charge in [-0.25, -0.2) is 4.79 Å². The van der Waals surface area contributed by atoms with Crippen molar-refractivity contribution in [1.82, 2.24) is 10.2 Å². The average Bonchev–Trinajstić information content (AvgIpc) is 3.38. The Morgan fingerprint density at radius 3 is 2.26 bits per heavy atom. The number of benzene rings is 2. The summed E-state index contributed by atoms with van der Waals surface area (Å²) in [5.41, 5.74) is 4.73. The maximum absolute atomic E-state index is 12.8. The molecule has 0 saturated heterocycles. The van der Waals surface area contributed by atoms with Crippen molar-refractivity contribution in [3.63, 3.8) is 0 Å². The van der Waals surface area contributed by atoms with E-state index in [1.807, 2.05) is 24.3 Å². The Hall–Kier alpha value is -3.35. The summed E-state index contributed by atoms with van der Waals surface area (Å²) in [6.45, 7) is 0.269. The molecule has 2 fully saturated rings. The van der Waals surface area contributed by atoms with E-state index in [0.717, 1.165) is 19.3 Å². The zero-order valence-electron chi connectivity index (χ0n) is 20.0. The summed E-state index contributed by atoms with van der Waals surface area (Å²) in [6, 6.07) is 16.4. The Labute approximate surface area is 205 Å². The van der Waals surface area contributed by atoms with E-state index in [1.165, 1.54) is 22.3 Å². The lowest BCUT2D eigenvalue weighted by molar-refractivity contribution is -0.150. The predicted molar refractivity (Wildman–Crippen MR) is 131 cm³/mol. The van der Waals surface area contributed by atoms with Gasteiger partial charge in [-0.2, -0.15) is 0 Å². The number of hydrogen-bond donors (Lipinski definition) is 2. The molecular formula is C28H32N2O5. The second-order valence-corrected chi connectivity index (χ2v) is 10.1. The highest BCUT2D eigenvalue weighted by molar-refractivity contribution is 5.79. The Balaban J connectivity index is 1.14. The monoisotopic (exact) mass is 476 g/mol. The summed E-state index contributed by atoms with van der Waals surface area (Å²) in [4.78, 5) is 38.3. The molecule has 5 rings (SSSR count). The van der Waals surface area contributed by atoms with E-state index >= 15 is 0 Å². The maximum Gasteiger partial charge on any atom is 0.407 e. The summed E-state index contributed by atoms with van der Waals surface area (Å²) >= 11 is 0. The molecular weight excluding hydrogens is 444 g/mol. The van der Waals surface area contributed by atoms with E-state index in [0.29, 0.717) is 19.3 Å². The highest BCUT2D eigenvalue weighted by Gasteiger charge is 2.40. The number of nitrogens with zero attached hydrogens (tertiary/aromatic N) is 1. The van der Waals surface area contributed by atoms with Crippen molar-refractivity contribution < 1.29 is 24.2 Å². The van der Waals surface area contributed by atoms with Gasteiger partial charge in [0, 0.05) is 31.5 Å². The molecule has 2 aromatic carbocycles. The van der Waals surface area contributed by atoms with Crippen LogP contribution in [0.25, 0.3) is 11.1 Å². The minimum absolute atomic E-state index is 0.00135. The fourth-order valence-electron chi connectivity index (χ4n) is 5.94. The molecule has 7 heteroatoms. The van der Waals surface area contributed by atoms with Crippen LogP contribution in [-0.4, -0.2) is 53.7 Å². The lowest BCUT2D eigenvalue weighted by Crippen LogP contribution is -2.48. The lowest BCUT2D eigenvalue weighted by atomic mass is 9.79. The van der Waals surface area contributed by atoms with E-state index in [2.05, 4.69) is 29.6 Å². The minimum Gasteiger partial charge on any atom is -0.481 e. The standard InChI is InChI=1S/C28H32N2O5/c1-30(19-13-18(14-19)27(32)33)26(31)15-17-7-6-12-25(17)29-28(34)35-16-24-22-10-4-2-8-20(22)21-9-3-5-11-23(21)24/h2-5,8-11,17-19,24-25H,6-7,12-16H2,1H3,(H,29,34)(H,32,33)/t17-,18?,19?,25+/m0/s1. The number of nitrogens with one attached hydrogen (secondary N) is 1. The quantitative estimate of drug-likeness (QED) is 0.617. The summed E-state index contributed by atoms with van der Waals surface area (Å²) < 4.78 is 5.70. The van der Waals surface area contributed by atoms with Gasteiger partial charge in [-0.3, -0.25) is 9.59 Å². The molecule has 0 spiro atoms. The van der Waals surface area contributed by atoms with Gasteiger partial charge in [-0.1, -0.05) is 55.0 Å². The van der Waals surface area contributed by atoms with Crippen LogP contribution in [0.3, 0.4) is 0 Å². The fraction of sp³-hybridized carbons (Fsp3) is 0.464. The second-order valence-electron chi connectivity index (χ2n) is 10.1. The van der Waals surface area contributed by atoms with Gasteiger partial charge in [0.1, 0.15) is 6.61 Å². The van der Waals surface area contributed by atoms with E-state index in [1.54, 1.807) is 11.9 Å². The number of carbonyl (C=O) groups is 3. The summed E-state index contributed by atoms with van der Waals surface area (Å²) in [5, 5.41) is 12.1. The number of fused-ring (bicyclic) bond motifs is 3. The average molecular weight is 477 g/mol. The van der Waals surface area contributed by atoms with Gasteiger partial charge in [0.05, 0.1) is 5.92 Å². The normalized spacial score (nSPS) is 24.7. The first-order valence-corrected chi connectivity index (χ1v) is 12.5. The van der Waals surface area contributed by atoms with Crippen molar-refractivity contribution in [3.05, 3.63) is 59.7 Å². The van der Waals surface area contributed by atoms with Gasteiger partial charge in [-0.05, 0) is 53.9 Å². The first-order valence-electron chi connectivity index (χ1n) is 12.5. The molecule has 2 amide bonds. The predicted octanol–water partition coefficient (Wildman–Crippen LogP) is 4.41. The van der Waals surface area contributed by atoms with Crippen LogP contribution in [0, 0.1) is 11.8 Å². The van der Waals surface area contributed by atoms with Crippen molar-refractivity contribution in [1.29, 1.82) is 0 Å². The first-order chi connectivity index (χ1) is 16.9. The number of rotatable bonds is 7. The van der Waals surface area contributed by atoms with Crippen LogP contribution in [0.4, 0.5) is 4.79 Å². The van der Waals surface area contributed by atoms with Gasteiger partial charge >= 0.3 is 12.1 Å². The highest BCUT2D eigenvalue weighted by Crippen LogP contribution is 2.44. The third-order valence-electron chi connectivity index (χ3n) is 8.15. The van der Waals surface area contributed by atoms with Crippen molar-refractivity contribution in [3.8, 4) is 11.1 Å². The minimum atomic E-state index is -0.787. The van der Waals surface area contributed by atoms with Crippen LogP contribution in [0.15, 0.2) is 48.5 Å². The van der Waals surface area contributed by atoms with Crippen LogP contribution in [-0.2, 0) is 14.3 Å². The zero-order chi connectivity index (χ0) is 24.5. The van der Waals surface area contributed by atoms with E-state index in [4.69, 9.17) is 9.84 Å². The number of amides is 2. The SMILES string of the molecule is CN(C(=O)C[C@@H]1CCC[C@H]1NC(=O)OCC1c2ccccc2-c2ccccc21)C1CC(C(=O)O)C1. The third kappa shape index (κ3) is 4.64. The number of ether oxygens (including phenoxy) is 1. The summed E-state index contributed by atoms with van der Waals surface area (Å²) in [6.07, 6.45) is 3.63. The summed E-state index contributed by atoms with van der Waals surface area (Å²) in [7, 11) is 1.76. The lowest BCUT2D eigenvalue weighted by Gasteiger charge is -2.39. The molecule has 0 radical (unpaired) electrons. The topological polar surface area (TPSA) is 95.9 Å². The van der Waals surface area contributed by atoms with E-state index in [9.17, 15) is 14.4 Å². The van der Waals surface area contributed by atoms with Crippen LogP contribution in [0.1, 0.15) is 55.6 Å². The van der Waals surface area contributed by atoms with Crippen LogP contribution < -0.4 is 5.32 Å². The number of carboxylic acids is 1. The molecule has 3 aliphatic carbocycles. The molecule has 2 aromatic rings. The maximum atomic E-state index is 12.8. The van der Waals surface area contributed by atoms with Crippen molar-refractivity contribution in [2.75, 3.05) is 13.7 Å². The van der Waals surface area contributed by atoms with Crippen molar-refractivity contribution >= 4 is 18.0 Å². The fourth-order valence-corrected chi connectivity index (χ4v) is 5.94. The largest absolute Gasteiger partial charge is 0.481 e. The Kier molecular flexibility index (Phi) is 6.50. The Bertz CT molecular complexity index is 1080. The molecule has 0 bridgehead atoms. The Morgan fingerprint density at radius 2 is 1.63 bits per heavy atom. The van der Waals surface area contributed by atoms with Crippen LogP contribution in [0.2, 0.25) is 0 Å². The van der Waals surface area contributed by atoms with Gasteiger partial charge in [-0.15, -0.1) is 0 Å². The molecule has 2 atom stereocenters. The highest BCUT2D eigenvalue weighted by atomic mass is 16.5.